The molecule has 0 amide bonds. The second kappa shape index (κ2) is 6.37. The molecule has 0 aliphatic carbocycles. The van der Waals surface area contributed by atoms with Gasteiger partial charge >= 0.3 is 0 Å². The molecule has 0 saturated heterocycles. The van der Waals surface area contributed by atoms with Crippen LogP contribution in [0.4, 0.5) is 8.78 Å². The van der Waals surface area contributed by atoms with Crippen molar-refractivity contribution in [3.63, 3.8) is 0 Å². The highest BCUT2D eigenvalue weighted by molar-refractivity contribution is 9.10. The highest BCUT2D eigenvalue weighted by atomic mass is 79.9. The van der Waals surface area contributed by atoms with Crippen LogP contribution in [0.3, 0.4) is 0 Å². The van der Waals surface area contributed by atoms with Crippen LogP contribution in [0.5, 0.6) is 0 Å². The SMILES string of the molecule is O=c1c(Br)ccc(-c2ccc(Cl)cc2Br)n1CC(F)F. The van der Waals surface area contributed by atoms with Crippen LogP contribution in [-0.4, -0.2) is 11.0 Å². The molecule has 0 bridgehead atoms. The van der Waals surface area contributed by atoms with E-state index in [0.717, 1.165) is 4.57 Å². The van der Waals surface area contributed by atoms with Crippen molar-refractivity contribution in [3.05, 3.63) is 54.7 Å². The van der Waals surface area contributed by atoms with E-state index in [1.54, 1.807) is 30.3 Å². The molecule has 2 rings (SSSR count). The topological polar surface area (TPSA) is 22.0 Å². The van der Waals surface area contributed by atoms with Gasteiger partial charge in [-0.1, -0.05) is 33.6 Å². The zero-order valence-electron chi connectivity index (χ0n) is 9.92. The molecule has 0 N–H and O–H groups in total. The van der Waals surface area contributed by atoms with Gasteiger partial charge in [0.2, 0.25) is 0 Å². The summed E-state index contributed by atoms with van der Waals surface area (Å²) >= 11 is 12.2. The first kappa shape index (κ1) is 15.7. The van der Waals surface area contributed by atoms with Gasteiger partial charge in [-0.3, -0.25) is 4.79 Å². The second-order valence-electron chi connectivity index (χ2n) is 4.00. The molecule has 0 spiro atoms. The fraction of sp³-hybridized carbons (Fsp3) is 0.154. The smallest absolute Gasteiger partial charge is 0.265 e. The molecule has 0 radical (unpaired) electrons. The highest BCUT2D eigenvalue weighted by Crippen LogP contribution is 2.30. The highest BCUT2D eigenvalue weighted by Gasteiger charge is 2.15. The fourth-order valence-electron chi connectivity index (χ4n) is 1.80. The Hall–Kier alpha value is -0.720. The van der Waals surface area contributed by atoms with Gasteiger partial charge in [0.25, 0.3) is 12.0 Å². The van der Waals surface area contributed by atoms with Crippen molar-refractivity contribution in [2.45, 2.75) is 13.0 Å². The number of benzene rings is 1. The van der Waals surface area contributed by atoms with Crippen LogP contribution < -0.4 is 5.56 Å². The summed E-state index contributed by atoms with van der Waals surface area (Å²) in [5.74, 6) is 0. The van der Waals surface area contributed by atoms with Crippen molar-refractivity contribution in [2.24, 2.45) is 0 Å². The molecule has 1 aromatic carbocycles. The third-order valence-electron chi connectivity index (χ3n) is 2.66. The van der Waals surface area contributed by atoms with Gasteiger partial charge < -0.3 is 4.57 Å². The molecule has 0 aliphatic heterocycles. The van der Waals surface area contributed by atoms with Crippen molar-refractivity contribution in [3.8, 4) is 11.3 Å². The van der Waals surface area contributed by atoms with E-state index in [0.29, 0.717) is 20.8 Å². The fourth-order valence-corrected chi connectivity index (χ4v) is 3.04. The van der Waals surface area contributed by atoms with Crippen LogP contribution >= 0.6 is 43.5 Å². The maximum absolute atomic E-state index is 12.7. The number of alkyl halides is 2. The minimum absolute atomic E-state index is 0.243. The van der Waals surface area contributed by atoms with Crippen LogP contribution in [0.2, 0.25) is 5.02 Å². The number of hydrogen-bond donors (Lipinski definition) is 0. The van der Waals surface area contributed by atoms with Crippen molar-refractivity contribution in [1.82, 2.24) is 4.57 Å². The normalized spacial score (nSPS) is 11.1. The maximum atomic E-state index is 12.7. The zero-order chi connectivity index (χ0) is 14.9. The van der Waals surface area contributed by atoms with Gasteiger partial charge in [-0.25, -0.2) is 8.78 Å². The Labute approximate surface area is 135 Å². The summed E-state index contributed by atoms with van der Waals surface area (Å²) in [6.45, 7) is -0.664. The van der Waals surface area contributed by atoms with Crippen LogP contribution in [-0.2, 0) is 6.54 Å². The predicted octanol–water partition coefficient (Wildman–Crippen LogP) is 4.96. The Morgan fingerprint density at radius 2 is 1.85 bits per heavy atom. The lowest BCUT2D eigenvalue weighted by atomic mass is 10.1. The number of halogens is 5. The first-order valence-corrected chi connectivity index (χ1v) is 7.49. The Kier molecular flexibility index (Phi) is 4.99. The summed E-state index contributed by atoms with van der Waals surface area (Å²) in [5, 5.41) is 0.514. The summed E-state index contributed by atoms with van der Waals surface area (Å²) in [7, 11) is 0. The monoisotopic (exact) mass is 425 g/mol. The van der Waals surface area contributed by atoms with Gasteiger partial charge in [0.15, 0.2) is 0 Å². The van der Waals surface area contributed by atoms with Crippen molar-refractivity contribution in [1.29, 1.82) is 0 Å². The largest absolute Gasteiger partial charge is 0.302 e. The molecule has 2 aromatic rings. The van der Waals surface area contributed by atoms with Gasteiger partial charge in [-0.2, -0.15) is 0 Å². The van der Waals surface area contributed by atoms with E-state index in [2.05, 4.69) is 31.9 Å². The molecule has 7 heteroatoms. The average Bonchev–Trinajstić information content (AvgIpc) is 2.36. The van der Waals surface area contributed by atoms with Gasteiger partial charge in [-0.05, 0) is 40.2 Å². The van der Waals surface area contributed by atoms with E-state index in [-0.39, 0.29) is 4.47 Å². The zero-order valence-corrected chi connectivity index (χ0v) is 13.8. The quantitative estimate of drug-likeness (QED) is 0.679. The molecule has 20 heavy (non-hydrogen) atoms. The lowest BCUT2D eigenvalue weighted by molar-refractivity contribution is 0.126. The summed E-state index contributed by atoms with van der Waals surface area (Å²) in [4.78, 5) is 12.0. The standard InChI is InChI=1S/C13H8Br2ClF2NO/c14-9-3-4-11(19(13(9)20)6-12(17)18)8-2-1-7(16)5-10(8)15/h1-5,12H,6H2. The molecule has 0 unspecified atom stereocenters. The first-order chi connectivity index (χ1) is 9.40. The van der Waals surface area contributed by atoms with E-state index in [4.69, 9.17) is 11.6 Å². The van der Waals surface area contributed by atoms with E-state index in [9.17, 15) is 13.6 Å². The number of rotatable bonds is 3. The Morgan fingerprint density at radius 1 is 1.15 bits per heavy atom. The molecular formula is C13H8Br2ClF2NO. The van der Waals surface area contributed by atoms with E-state index in [1.807, 2.05) is 0 Å². The lowest BCUT2D eigenvalue weighted by Crippen LogP contribution is -2.25. The molecular weight excluding hydrogens is 419 g/mol. The average molecular weight is 427 g/mol. The number of aromatic nitrogens is 1. The van der Waals surface area contributed by atoms with Crippen LogP contribution in [0.1, 0.15) is 0 Å². The minimum Gasteiger partial charge on any atom is -0.302 e. The first-order valence-electron chi connectivity index (χ1n) is 5.53. The van der Waals surface area contributed by atoms with Crippen molar-refractivity contribution >= 4 is 43.5 Å². The minimum atomic E-state index is -2.62. The van der Waals surface area contributed by atoms with Crippen LogP contribution in [0.15, 0.2) is 44.1 Å². The second-order valence-corrected chi connectivity index (χ2v) is 6.14. The third kappa shape index (κ3) is 3.30. The third-order valence-corrected chi connectivity index (χ3v) is 4.15. The van der Waals surface area contributed by atoms with Crippen LogP contribution in [0.25, 0.3) is 11.3 Å². The predicted molar refractivity (Wildman–Crippen MR) is 82.6 cm³/mol. The van der Waals surface area contributed by atoms with Crippen molar-refractivity contribution in [2.75, 3.05) is 0 Å². The molecule has 0 aliphatic rings. The number of nitrogens with zero attached hydrogens (tertiary/aromatic N) is 1. The van der Waals surface area contributed by atoms with E-state index in [1.165, 1.54) is 0 Å². The maximum Gasteiger partial charge on any atom is 0.265 e. The van der Waals surface area contributed by atoms with Gasteiger partial charge in [0, 0.05) is 15.1 Å². The molecule has 2 nitrogen and oxygen atoms in total. The van der Waals surface area contributed by atoms with Gasteiger partial charge in [0.1, 0.15) is 0 Å². The number of hydrogen-bond acceptors (Lipinski definition) is 1. The Bertz CT molecular complexity index is 703. The number of pyridine rings is 1. The summed E-state index contributed by atoms with van der Waals surface area (Å²) in [5.41, 5.74) is 0.534. The molecule has 1 aromatic heterocycles. The summed E-state index contributed by atoms with van der Waals surface area (Å²) in [6.07, 6.45) is -2.62. The van der Waals surface area contributed by atoms with E-state index >= 15 is 0 Å². The molecule has 0 fully saturated rings. The molecule has 1 heterocycles. The lowest BCUT2D eigenvalue weighted by Gasteiger charge is -2.14. The van der Waals surface area contributed by atoms with Gasteiger partial charge in [0.05, 0.1) is 16.7 Å². The molecule has 0 atom stereocenters. The molecule has 106 valence electrons. The Morgan fingerprint density at radius 3 is 2.45 bits per heavy atom. The summed E-state index contributed by atoms with van der Waals surface area (Å²) < 4.78 is 27.3. The van der Waals surface area contributed by atoms with Gasteiger partial charge in [-0.15, -0.1) is 0 Å². The van der Waals surface area contributed by atoms with Crippen molar-refractivity contribution < 1.29 is 8.78 Å². The molecule has 0 saturated carbocycles. The summed E-state index contributed by atoms with van der Waals surface area (Å²) in [6, 6.07) is 8.12. The Balaban J connectivity index is 2.67. The van der Waals surface area contributed by atoms with E-state index < -0.39 is 18.5 Å². The van der Waals surface area contributed by atoms with Crippen LogP contribution in [0, 0.1) is 0 Å².